The first-order valence-corrected chi connectivity index (χ1v) is 7.97. The van der Waals surface area contributed by atoms with E-state index in [1.54, 1.807) is 0 Å². The molecular formula is C15H13N5O3S. The van der Waals surface area contributed by atoms with E-state index in [2.05, 4.69) is 39.6 Å². The van der Waals surface area contributed by atoms with Crippen LogP contribution in [0.4, 0.5) is 5.88 Å². The molecule has 0 saturated heterocycles. The quantitative estimate of drug-likeness (QED) is 0.295. The van der Waals surface area contributed by atoms with Gasteiger partial charge in [0, 0.05) is 5.75 Å². The van der Waals surface area contributed by atoms with Crippen LogP contribution in [0.1, 0.15) is 16.9 Å². The van der Waals surface area contributed by atoms with Crippen molar-refractivity contribution in [1.29, 1.82) is 0 Å². The van der Waals surface area contributed by atoms with Crippen LogP contribution in [0.15, 0.2) is 57.4 Å². The van der Waals surface area contributed by atoms with Gasteiger partial charge in [0.25, 0.3) is 0 Å². The van der Waals surface area contributed by atoms with Gasteiger partial charge in [-0.05, 0) is 18.6 Å². The van der Waals surface area contributed by atoms with E-state index < -0.39 is 4.92 Å². The predicted octanol–water partition coefficient (Wildman–Crippen LogP) is 3.26. The predicted molar refractivity (Wildman–Crippen MR) is 89.1 cm³/mol. The molecule has 0 aliphatic heterocycles. The van der Waals surface area contributed by atoms with Gasteiger partial charge < -0.3 is 4.42 Å². The summed E-state index contributed by atoms with van der Waals surface area (Å²) >= 11 is 1.49. The molecule has 3 rings (SSSR count). The lowest BCUT2D eigenvalue weighted by Crippen LogP contribution is -1.92. The van der Waals surface area contributed by atoms with Gasteiger partial charge in [0.2, 0.25) is 5.16 Å². The Kier molecular flexibility index (Phi) is 4.71. The standard InChI is InChI=1S/C15H13N5O3S/c1-11-2-4-12(5-3-11)9-24-15-18-16-10-19(15)17-8-13-6-7-14(23-13)20(21)22/h2-8,10H,9H2,1H3/b17-8+. The van der Waals surface area contributed by atoms with E-state index in [1.807, 2.05) is 6.92 Å². The van der Waals surface area contributed by atoms with Crippen LogP contribution in [0.3, 0.4) is 0 Å². The number of benzene rings is 1. The van der Waals surface area contributed by atoms with Crippen LogP contribution in [-0.2, 0) is 5.75 Å². The van der Waals surface area contributed by atoms with Crippen LogP contribution in [-0.4, -0.2) is 26.0 Å². The second kappa shape index (κ2) is 7.09. The zero-order valence-corrected chi connectivity index (χ0v) is 13.5. The summed E-state index contributed by atoms with van der Waals surface area (Å²) in [5.41, 5.74) is 2.38. The molecule has 8 nitrogen and oxygen atoms in total. The topological polar surface area (TPSA) is 99.3 Å². The Hall–Kier alpha value is -2.94. The van der Waals surface area contributed by atoms with Crippen molar-refractivity contribution in [3.8, 4) is 0 Å². The molecule has 0 aliphatic rings. The van der Waals surface area contributed by atoms with E-state index in [0.717, 1.165) is 5.75 Å². The Bertz CT molecular complexity index is 869. The first kappa shape index (κ1) is 15.9. The minimum Gasteiger partial charge on any atom is -0.400 e. The molecule has 0 atom stereocenters. The minimum absolute atomic E-state index is 0.282. The molecule has 0 aliphatic carbocycles. The molecule has 0 amide bonds. The third-order valence-electron chi connectivity index (χ3n) is 3.09. The molecule has 1 aromatic carbocycles. The van der Waals surface area contributed by atoms with Crippen molar-refractivity contribution in [3.05, 3.63) is 69.7 Å². The Morgan fingerprint density at radius 1 is 1.33 bits per heavy atom. The molecular weight excluding hydrogens is 330 g/mol. The van der Waals surface area contributed by atoms with Crippen molar-refractivity contribution < 1.29 is 9.34 Å². The monoisotopic (exact) mass is 343 g/mol. The Balaban J connectivity index is 1.67. The Morgan fingerprint density at radius 3 is 2.83 bits per heavy atom. The summed E-state index contributed by atoms with van der Waals surface area (Å²) in [7, 11) is 0. The van der Waals surface area contributed by atoms with E-state index in [0.29, 0.717) is 5.16 Å². The van der Waals surface area contributed by atoms with Gasteiger partial charge >= 0.3 is 5.88 Å². The molecule has 0 bridgehead atoms. The summed E-state index contributed by atoms with van der Waals surface area (Å²) in [5.74, 6) is 0.694. The van der Waals surface area contributed by atoms with Crippen LogP contribution in [0.5, 0.6) is 0 Å². The molecule has 0 fully saturated rings. The molecule has 0 unspecified atom stereocenters. The zero-order chi connectivity index (χ0) is 16.9. The molecule has 24 heavy (non-hydrogen) atoms. The largest absolute Gasteiger partial charge is 0.433 e. The summed E-state index contributed by atoms with van der Waals surface area (Å²) in [6, 6.07) is 11.0. The number of rotatable bonds is 6. The summed E-state index contributed by atoms with van der Waals surface area (Å²) < 4.78 is 6.51. The normalized spacial score (nSPS) is 11.2. The Morgan fingerprint density at radius 2 is 2.12 bits per heavy atom. The zero-order valence-electron chi connectivity index (χ0n) is 12.7. The maximum Gasteiger partial charge on any atom is 0.433 e. The van der Waals surface area contributed by atoms with Crippen molar-refractivity contribution in [2.45, 2.75) is 17.8 Å². The van der Waals surface area contributed by atoms with Crippen LogP contribution in [0.2, 0.25) is 0 Å². The van der Waals surface area contributed by atoms with Crippen molar-refractivity contribution in [2.75, 3.05) is 0 Å². The van der Waals surface area contributed by atoms with E-state index in [1.165, 1.54) is 52.2 Å². The molecule has 9 heteroatoms. The van der Waals surface area contributed by atoms with Crippen LogP contribution < -0.4 is 0 Å². The van der Waals surface area contributed by atoms with Crippen LogP contribution >= 0.6 is 11.8 Å². The Labute approximate surface area is 141 Å². The fourth-order valence-electron chi connectivity index (χ4n) is 1.85. The number of hydrogen-bond donors (Lipinski definition) is 0. The highest BCUT2D eigenvalue weighted by molar-refractivity contribution is 7.98. The highest BCUT2D eigenvalue weighted by atomic mass is 32.2. The van der Waals surface area contributed by atoms with Gasteiger partial charge in [-0.3, -0.25) is 10.1 Å². The smallest absolute Gasteiger partial charge is 0.400 e. The van der Waals surface area contributed by atoms with Gasteiger partial charge in [-0.15, -0.1) is 10.2 Å². The molecule has 3 aromatic rings. The van der Waals surface area contributed by atoms with Gasteiger partial charge in [0.05, 0.1) is 12.3 Å². The van der Waals surface area contributed by atoms with Gasteiger partial charge in [0.15, 0.2) is 5.76 Å². The van der Waals surface area contributed by atoms with Crippen molar-refractivity contribution >= 4 is 23.9 Å². The van der Waals surface area contributed by atoms with Gasteiger partial charge in [0.1, 0.15) is 11.3 Å². The average Bonchev–Trinajstić information content (AvgIpc) is 3.21. The fraction of sp³-hybridized carbons (Fsp3) is 0.133. The maximum atomic E-state index is 10.6. The van der Waals surface area contributed by atoms with E-state index in [9.17, 15) is 10.1 Å². The molecule has 2 heterocycles. The molecule has 2 aromatic heterocycles. The first-order valence-electron chi connectivity index (χ1n) is 6.99. The number of nitrogens with zero attached hydrogens (tertiary/aromatic N) is 5. The molecule has 122 valence electrons. The first-order chi connectivity index (χ1) is 11.6. The van der Waals surface area contributed by atoms with Gasteiger partial charge in [-0.1, -0.05) is 41.6 Å². The summed E-state index contributed by atoms with van der Waals surface area (Å²) in [6.45, 7) is 2.04. The highest BCUT2D eigenvalue weighted by Gasteiger charge is 2.10. The van der Waals surface area contributed by atoms with E-state index in [4.69, 9.17) is 4.42 Å². The van der Waals surface area contributed by atoms with Crippen LogP contribution in [0.25, 0.3) is 0 Å². The summed E-state index contributed by atoms with van der Waals surface area (Å²) in [6.07, 6.45) is 2.84. The lowest BCUT2D eigenvalue weighted by atomic mass is 10.2. The SMILES string of the molecule is Cc1ccc(CSc2nncn2/N=C/c2ccc([N+](=O)[O-])o2)cc1. The minimum atomic E-state index is -0.598. The number of aromatic nitrogens is 3. The summed E-state index contributed by atoms with van der Waals surface area (Å²) in [4.78, 5) is 9.98. The molecule has 0 saturated carbocycles. The summed E-state index contributed by atoms with van der Waals surface area (Å²) in [5, 5.41) is 23.2. The fourth-order valence-corrected chi connectivity index (χ4v) is 2.67. The van der Waals surface area contributed by atoms with Crippen LogP contribution in [0, 0.1) is 17.0 Å². The number of furan rings is 1. The van der Waals surface area contributed by atoms with E-state index in [-0.39, 0.29) is 11.6 Å². The van der Waals surface area contributed by atoms with Crippen molar-refractivity contribution in [1.82, 2.24) is 14.9 Å². The molecule has 0 N–H and O–H groups in total. The highest BCUT2D eigenvalue weighted by Crippen LogP contribution is 2.21. The average molecular weight is 343 g/mol. The van der Waals surface area contributed by atoms with Gasteiger partial charge in [-0.25, -0.2) is 0 Å². The number of nitro groups is 1. The van der Waals surface area contributed by atoms with Crippen molar-refractivity contribution in [3.63, 3.8) is 0 Å². The van der Waals surface area contributed by atoms with Crippen molar-refractivity contribution in [2.24, 2.45) is 5.10 Å². The second-order valence-corrected chi connectivity index (χ2v) is 5.85. The third-order valence-corrected chi connectivity index (χ3v) is 4.10. The number of thioether (sulfide) groups is 1. The second-order valence-electron chi connectivity index (χ2n) is 4.91. The van der Waals surface area contributed by atoms with Gasteiger partial charge in [-0.2, -0.15) is 9.78 Å². The third kappa shape index (κ3) is 3.87. The lowest BCUT2D eigenvalue weighted by molar-refractivity contribution is -0.402. The molecule has 0 radical (unpaired) electrons. The maximum absolute atomic E-state index is 10.6. The molecule has 0 spiro atoms. The van der Waals surface area contributed by atoms with E-state index >= 15 is 0 Å². The number of hydrogen-bond acceptors (Lipinski definition) is 7. The number of aryl methyl sites for hydroxylation is 1. The lowest BCUT2D eigenvalue weighted by Gasteiger charge is -2.01.